The number of hydrogen-bond donors (Lipinski definition) is 0. The van der Waals surface area contributed by atoms with Crippen molar-refractivity contribution >= 4 is 11.6 Å². The van der Waals surface area contributed by atoms with E-state index in [-0.39, 0.29) is 0 Å². The summed E-state index contributed by atoms with van der Waals surface area (Å²) in [5.41, 5.74) is 0.963. The van der Waals surface area contributed by atoms with Gasteiger partial charge in [-0.2, -0.15) is 0 Å². The summed E-state index contributed by atoms with van der Waals surface area (Å²) in [5.74, 6) is 2.63. The first kappa shape index (κ1) is 16.1. The Morgan fingerprint density at radius 1 is 1.16 bits per heavy atom. The maximum Gasteiger partial charge on any atom is 0.127 e. The number of ether oxygens (including phenoxy) is 3. The molecule has 1 aromatic carbocycles. The Morgan fingerprint density at radius 3 is 2.58 bits per heavy atom. The van der Waals surface area contributed by atoms with Gasteiger partial charge < -0.3 is 14.2 Å². The summed E-state index contributed by atoms with van der Waals surface area (Å²) in [6.07, 6.45) is 1.08. The van der Waals surface area contributed by atoms with E-state index in [0.717, 1.165) is 30.1 Å². The predicted octanol–water partition coefficient (Wildman–Crippen LogP) is 3.88. The standard InChI is InChI=1S/C15H23ClO3/c1-12(2)6-7-18-8-9-19-15-10-14(17-3)5-4-13(15)11-16/h4-5,10,12H,6-9,11H2,1-3H3. The smallest absolute Gasteiger partial charge is 0.127 e. The number of halogens is 1. The first-order valence-electron chi connectivity index (χ1n) is 6.60. The molecule has 0 unspecified atom stereocenters. The molecule has 0 aromatic heterocycles. The molecule has 0 N–H and O–H groups in total. The molecule has 108 valence electrons. The van der Waals surface area contributed by atoms with Crippen LogP contribution in [-0.4, -0.2) is 26.9 Å². The van der Waals surface area contributed by atoms with Gasteiger partial charge in [-0.15, -0.1) is 11.6 Å². The van der Waals surface area contributed by atoms with E-state index in [2.05, 4.69) is 13.8 Å². The van der Waals surface area contributed by atoms with Crippen molar-refractivity contribution in [3.05, 3.63) is 23.8 Å². The van der Waals surface area contributed by atoms with Crippen LogP contribution in [0.15, 0.2) is 18.2 Å². The molecule has 3 nitrogen and oxygen atoms in total. The fourth-order valence-corrected chi connectivity index (χ4v) is 1.76. The Balaban J connectivity index is 2.35. The molecule has 0 radical (unpaired) electrons. The number of benzene rings is 1. The molecule has 4 heteroatoms. The molecule has 1 rings (SSSR count). The SMILES string of the molecule is COc1ccc(CCl)c(OCCOCCC(C)C)c1. The number of rotatable bonds is 9. The fraction of sp³-hybridized carbons (Fsp3) is 0.600. The maximum absolute atomic E-state index is 5.87. The maximum atomic E-state index is 5.87. The van der Waals surface area contributed by atoms with Crippen molar-refractivity contribution in [2.45, 2.75) is 26.1 Å². The van der Waals surface area contributed by atoms with E-state index < -0.39 is 0 Å². The van der Waals surface area contributed by atoms with Gasteiger partial charge in [-0.25, -0.2) is 0 Å². The van der Waals surface area contributed by atoms with Gasteiger partial charge in [-0.3, -0.25) is 0 Å². The van der Waals surface area contributed by atoms with E-state index in [9.17, 15) is 0 Å². The quantitative estimate of drug-likeness (QED) is 0.509. The van der Waals surface area contributed by atoms with Crippen LogP contribution >= 0.6 is 11.6 Å². The lowest BCUT2D eigenvalue weighted by atomic mass is 10.1. The average Bonchev–Trinajstić information content (AvgIpc) is 2.42. The molecule has 0 amide bonds. The van der Waals surface area contributed by atoms with Gasteiger partial charge in [-0.1, -0.05) is 19.9 Å². The molecule has 0 spiro atoms. The van der Waals surface area contributed by atoms with E-state index in [1.807, 2.05) is 18.2 Å². The van der Waals surface area contributed by atoms with Crippen molar-refractivity contribution in [3.63, 3.8) is 0 Å². The van der Waals surface area contributed by atoms with Crippen LogP contribution in [0.25, 0.3) is 0 Å². The Morgan fingerprint density at radius 2 is 1.95 bits per heavy atom. The van der Waals surface area contributed by atoms with E-state index in [4.69, 9.17) is 25.8 Å². The van der Waals surface area contributed by atoms with Crippen LogP contribution in [0.1, 0.15) is 25.8 Å². The zero-order chi connectivity index (χ0) is 14.1. The second kappa shape index (κ2) is 9.05. The molecule has 0 saturated carbocycles. The molecular weight excluding hydrogens is 264 g/mol. The van der Waals surface area contributed by atoms with Gasteiger partial charge in [0.25, 0.3) is 0 Å². The molecule has 19 heavy (non-hydrogen) atoms. The third-order valence-electron chi connectivity index (χ3n) is 2.74. The van der Waals surface area contributed by atoms with Crippen LogP contribution in [0, 0.1) is 5.92 Å². The Bertz CT molecular complexity index is 366. The molecule has 0 aliphatic carbocycles. The van der Waals surface area contributed by atoms with Crippen LogP contribution in [0.4, 0.5) is 0 Å². The van der Waals surface area contributed by atoms with Gasteiger partial charge in [0.1, 0.15) is 18.1 Å². The summed E-state index contributed by atoms with van der Waals surface area (Å²) < 4.78 is 16.4. The van der Waals surface area contributed by atoms with Crippen molar-refractivity contribution < 1.29 is 14.2 Å². The van der Waals surface area contributed by atoms with Gasteiger partial charge in [-0.05, 0) is 18.4 Å². The van der Waals surface area contributed by atoms with Crippen LogP contribution < -0.4 is 9.47 Å². The second-order valence-electron chi connectivity index (χ2n) is 4.75. The Labute approximate surface area is 120 Å². The van der Waals surface area contributed by atoms with Gasteiger partial charge in [0, 0.05) is 18.2 Å². The molecular formula is C15H23ClO3. The predicted molar refractivity (Wildman–Crippen MR) is 78.3 cm³/mol. The van der Waals surface area contributed by atoms with Gasteiger partial charge >= 0.3 is 0 Å². The van der Waals surface area contributed by atoms with E-state index in [0.29, 0.717) is 25.0 Å². The third-order valence-corrected chi connectivity index (χ3v) is 3.03. The van der Waals surface area contributed by atoms with Gasteiger partial charge in [0.2, 0.25) is 0 Å². The Kier molecular flexibility index (Phi) is 7.68. The highest BCUT2D eigenvalue weighted by Gasteiger charge is 2.05. The minimum absolute atomic E-state index is 0.424. The number of alkyl halides is 1. The third kappa shape index (κ3) is 6.17. The molecule has 0 atom stereocenters. The monoisotopic (exact) mass is 286 g/mol. The van der Waals surface area contributed by atoms with Gasteiger partial charge in [0.05, 0.1) is 19.6 Å². The molecule has 0 aliphatic heterocycles. The normalized spacial score (nSPS) is 10.8. The lowest BCUT2D eigenvalue weighted by molar-refractivity contribution is 0.0923. The first-order valence-corrected chi connectivity index (χ1v) is 7.14. The highest BCUT2D eigenvalue weighted by Crippen LogP contribution is 2.26. The minimum atomic E-state index is 0.424. The first-order chi connectivity index (χ1) is 9.17. The van der Waals surface area contributed by atoms with E-state index in [1.165, 1.54) is 0 Å². The molecule has 1 aromatic rings. The van der Waals surface area contributed by atoms with Crippen molar-refractivity contribution in [1.29, 1.82) is 0 Å². The highest BCUT2D eigenvalue weighted by atomic mass is 35.5. The van der Waals surface area contributed by atoms with Crippen LogP contribution in [0.2, 0.25) is 0 Å². The van der Waals surface area contributed by atoms with E-state index >= 15 is 0 Å². The molecule has 0 fully saturated rings. The van der Waals surface area contributed by atoms with Crippen molar-refractivity contribution in [2.24, 2.45) is 5.92 Å². The summed E-state index contributed by atoms with van der Waals surface area (Å²) in [7, 11) is 1.63. The van der Waals surface area contributed by atoms with Crippen LogP contribution in [0.5, 0.6) is 11.5 Å². The molecule has 0 aliphatic rings. The topological polar surface area (TPSA) is 27.7 Å². The summed E-state index contributed by atoms with van der Waals surface area (Å²) in [6.45, 7) is 6.26. The Hall–Kier alpha value is -0.930. The fourth-order valence-electron chi connectivity index (χ4n) is 1.54. The van der Waals surface area contributed by atoms with Gasteiger partial charge in [0.15, 0.2) is 0 Å². The lowest BCUT2D eigenvalue weighted by Crippen LogP contribution is -2.09. The largest absolute Gasteiger partial charge is 0.497 e. The van der Waals surface area contributed by atoms with E-state index in [1.54, 1.807) is 7.11 Å². The van der Waals surface area contributed by atoms with Crippen LogP contribution in [-0.2, 0) is 10.6 Å². The summed E-state index contributed by atoms with van der Waals surface area (Å²) in [5, 5.41) is 0. The number of methoxy groups -OCH3 is 1. The molecule has 0 bridgehead atoms. The highest BCUT2D eigenvalue weighted by molar-refractivity contribution is 6.17. The summed E-state index contributed by atoms with van der Waals surface area (Å²) in [4.78, 5) is 0. The van der Waals surface area contributed by atoms with Crippen molar-refractivity contribution in [2.75, 3.05) is 26.9 Å². The zero-order valence-electron chi connectivity index (χ0n) is 11.9. The zero-order valence-corrected chi connectivity index (χ0v) is 12.7. The van der Waals surface area contributed by atoms with Crippen LogP contribution in [0.3, 0.4) is 0 Å². The molecule has 0 saturated heterocycles. The average molecular weight is 287 g/mol. The summed E-state index contributed by atoms with van der Waals surface area (Å²) in [6, 6.07) is 5.65. The lowest BCUT2D eigenvalue weighted by Gasteiger charge is -2.12. The second-order valence-corrected chi connectivity index (χ2v) is 5.02. The summed E-state index contributed by atoms with van der Waals surface area (Å²) >= 11 is 5.87. The minimum Gasteiger partial charge on any atom is -0.497 e. The van der Waals surface area contributed by atoms with Crippen molar-refractivity contribution in [1.82, 2.24) is 0 Å². The van der Waals surface area contributed by atoms with Crippen molar-refractivity contribution in [3.8, 4) is 11.5 Å². The molecule has 0 heterocycles. The number of hydrogen-bond acceptors (Lipinski definition) is 3.